The topological polar surface area (TPSA) is 58.6 Å². The number of ether oxygens (including phenoxy) is 1. The van der Waals surface area contributed by atoms with Crippen LogP contribution in [-0.2, 0) is 13.2 Å². The first-order chi connectivity index (χ1) is 12.6. The second-order valence-electron chi connectivity index (χ2n) is 5.80. The zero-order chi connectivity index (χ0) is 18.4. The van der Waals surface area contributed by atoms with Gasteiger partial charge in [-0.15, -0.1) is 0 Å². The molecular weight excluding hydrogens is 394 g/mol. The number of nitrogens with one attached hydrogen (secondary N) is 1. The molecule has 3 rings (SSSR count). The van der Waals surface area contributed by atoms with Crippen molar-refractivity contribution in [3.05, 3.63) is 94.0 Å². The molecule has 0 saturated carbocycles. The molecule has 0 atom stereocenters. The fourth-order valence-corrected chi connectivity index (χ4v) is 2.72. The highest BCUT2D eigenvalue weighted by molar-refractivity contribution is 9.10. The molecule has 0 radical (unpaired) electrons. The first kappa shape index (κ1) is 18.0. The number of carboxylic acids is 1. The Hall–Kier alpha value is -2.79. The Morgan fingerprint density at radius 1 is 0.962 bits per heavy atom. The molecule has 0 fully saturated rings. The molecule has 0 aliphatic carbocycles. The van der Waals surface area contributed by atoms with Crippen molar-refractivity contribution in [1.29, 1.82) is 0 Å². The third-order valence-corrected chi connectivity index (χ3v) is 4.35. The summed E-state index contributed by atoms with van der Waals surface area (Å²) < 4.78 is 6.90. The third-order valence-electron chi connectivity index (χ3n) is 3.82. The molecular formula is C21H18BrNO3. The Labute approximate surface area is 160 Å². The Balaban J connectivity index is 1.59. The number of aromatic carboxylic acids is 1. The highest BCUT2D eigenvalue weighted by Crippen LogP contribution is 2.18. The lowest BCUT2D eigenvalue weighted by Crippen LogP contribution is -2.02. The largest absolute Gasteiger partial charge is 0.489 e. The number of carboxylic acid groups (broad SMARTS) is 1. The quantitative estimate of drug-likeness (QED) is 0.550. The second kappa shape index (κ2) is 8.54. The van der Waals surface area contributed by atoms with Crippen LogP contribution in [-0.4, -0.2) is 11.1 Å². The minimum Gasteiger partial charge on any atom is -0.489 e. The van der Waals surface area contributed by atoms with Gasteiger partial charge in [0.1, 0.15) is 12.4 Å². The lowest BCUT2D eigenvalue weighted by Gasteiger charge is -2.10. The Morgan fingerprint density at radius 2 is 1.73 bits per heavy atom. The van der Waals surface area contributed by atoms with Crippen LogP contribution in [0.3, 0.4) is 0 Å². The summed E-state index contributed by atoms with van der Waals surface area (Å²) in [6, 6.07) is 22.6. The average molecular weight is 412 g/mol. The number of carbonyl (C=O) groups is 1. The first-order valence-electron chi connectivity index (χ1n) is 8.13. The van der Waals surface area contributed by atoms with Gasteiger partial charge < -0.3 is 15.2 Å². The smallest absolute Gasteiger partial charge is 0.335 e. The number of halogens is 1. The number of hydrogen-bond acceptors (Lipinski definition) is 3. The van der Waals surface area contributed by atoms with Gasteiger partial charge in [0.05, 0.1) is 5.56 Å². The molecule has 0 spiro atoms. The summed E-state index contributed by atoms with van der Waals surface area (Å²) >= 11 is 3.42. The minimum absolute atomic E-state index is 0.265. The van der Waals surface area contributed by atoms with Gasteiger partial charge in [-0.3, -0.25) is 0 Å². The molecule has 4 nitrogen and oxygen atoms in total. The number of benzene rings is 3. The highest BCUT2D eigenvalue weighted by atomic mass is 79.9. The Kier molecular flexibility index (Phi) is 5.92. The summed E-state index contributed by atoms with van der Waals surface area (Å²) in [7, 11) is 0. The summed E-state index contributed by atoms with van der Waals surface area (Å²) in [5, 5.41) is 12.3. The van der Waals surface area contributed by atoms with Gasteiger partial charge in [0.15, 0.2) is 0 Å². The third kappa shape index (κ3) is 5.10. The van der Waals surface area contributed by atoms with Gasteiger partial charge >= 0.3 is 5.97 Å². The summed E-state index contributed by atoms with van der Waals surface area (Å²) in [5.74, 6) is -0.136. The summed E-state index contributed by atoms with van der Waals surface area (Å²) in [4.78, 5) is 11.0. The van der Waals surface area contributed by atoms with Crippen LogP contribution < -0.4 is 10.1 Å². The van der Waals surface area contributed by atoms with Gasteiger partial charge in [0.2, 0.25) is 0 Å². The van der Waals surface area contributed by atoms with Crippen LogP contribution in [0.5, 0.6) is 5.75 Å². The maximum absolute atomic E-state index is 11.0. The molecule has 0 heterocycles. The van der Waals surface area contributed by atoms with Crippen molar-refractivity contribution >= 4 is 27.6 Å². The Morgan fingerprint density at radius 3 is 2.50 bits per heavy atom. The van der Waals surface area contributed by atoms with Crippen molar-refractivity contribution in [2.24, 2.45) is 0 Å². The minimum atomic E-state index is -0.933. The second-order valence-corrected chi connectivity index (χ2v) is 6.72. The van der Waals surface area contributed by atoms with E-state index in [1.54, 1.807) is 18.2 Å². The van der Waals surface area contributed by atoms with Crippen LogP contribution >= 0.6 is 15.9 Å². The predicted octanol–water partition coefficient (Wildman–Crippen LogP) is 5.34. The molecule has 5 heteroatoms. The molecule has 2 N–H and O–H groups in total. The van der Waals surface area contributed by atoms with Crippen LogP contribution in [0.1, 0.15) is 21.5 Å². The van der Waals surface area contributed by atoms with Gasteiger partial charge in [0, 0.05) is 16.7 Å². The van der Waals surface area contributed by atoms with Crippen molar-refractivity contribution in [2.45, 2.75) is 13.2 Å². The predicted molar refractivity (Wildman–Crippen MR) is 106 cm³/mol. The maximum Gasteiger partial charge on any atom is 0.335 e. The van der Waals surface area contributed by atoms with Gasteiger partial charge in [-0.1, -0.05) is 46.3 Å². The molecule has 3 aromatic rings. The van der Waals surface area contributed by atoms with Gasteiger partial charge in [-0.05, 0) is 53.6 Å². The maximum atomic E-state index is 11.0. The molecule has 26 heavy (non-hydrogen) atoms. The summed E-state index contributed by atoms with van der Waals surface area (Å²) in [6.45, 7) is 1.09. The summed E-state index contributed by atoms with van der Waals surface area (Å²) in [6.07, 6.45) is 0. The standard InChI is InChI=1S/C21H18BrNO3/c22-18-9-7-15(8-10-18)14-26-20-6-1-3-16(11-20)13-23-19-5-2-4-17(12-19)21(24)25/h1-12,23H,13-14H2,(H,24,25). The van der Waals surface area contributed by atoms with E-state index in [1.165, 1.54) is 0 Å². The van der Waals surface area contributed by atoms with Crippen LogP contribution in [0.4, 0.5) is 5.69 Å². The van der Waals surface area contributed by atoms with E-state index in [-0.39, 0.29) is 5.56 Å². The lowest BCUT2D eigenvalue weighted by molar-refractivity contribution is 0.0697. The van der Waals surface area contributed by atoms with E-state index in [0.717, 1.165) is 27.0 Å². The number of anilines is 1. The first-order valence-corrected chi connectivity index (χ1v) is 8.93. The van der Waals surface area contributed by atoms with E-state index < -0.39 is 5.97 Å². The summed E-state index contributed by atoms with van der Waals surface area (Å²) in [5.41, 5.74) is 3.19. The van der Waals surface area contributed by atoms with E-state index >= 15 is 0 Å². The van der Waals surface area contributed by atoms with E-state index in [1.807, 2.05) is 54.6 Å². The fraction of sp³-hybridized carbons (Fsp3) is 0.0952. The molecule has 132 valence electrons. The van der Waals surface area contributed by atoms with E-state index in [9.17, 15) is 4.79 Å². The number of hydrogen-bond donors (Lipinski definition) is 2. The van der Waals surface area contributed by atoms with Crippen LogP contribution in [0, 0.1) is 0 Å². The molecule has 3 aromatic carbocycles. The number of rotatable bonds is 7. The molecule has 0 aliphatic rings. The van der Waals surface area contributed by atoms with Crippen molar-refractivity contribution in [3.63, 3.8) is 0 Å². The van der Waals surface area contributed by atoms with E-state index in [2.05, 4.69) is 21.2 Å². The van der Waals surface area contributed by atoms with Crippen LogP contribution in [0.2, 0.25) is 0 Å². The van der Waals surface area contributed by atoms with E-state index in [4.69, 9.17) is 9.84 Å². The molecule has 0 unspecified atom stereocenters. The van der Waals surface area contributed by atoms with Gasteiger partial charge in [0.25, 0.3) is 0 Å². The Bertz CT molecular complexity index is 894. The molecule has 0 aliphatic heterocycles. The monoisotopic (exact) mass is 411 g/mol. The van der Waals surface area contributed by atoms with Crippen molar-refractivity contribution in [1.82, 2.24) is 0 Å². The highest BCUT2D eigenvalue weighted by Gasteiger charge is 2.03. The lowest BCUT2D eigenvalue weighted by atomic mass is 10.2. The normalized spacial score (nSPS) is 10.3. The van der Waals surface area contributed by atoms with Gasteiger partial charge in [-0.25, -0.2) is 4.79 Å². The molecule has 0 saturated heterocycles. The fourth-order valence-electron chi connectivity index (χ4n) is 2.46. The zero-order valence-electron chi connectivity index (χ0n) is 14.0. The van der Waals surface area contributed by atoms with Gasteiger partial charge in [-0.2, -0.15) is 0 Å². The van der Waals surface area contributed by atoms with Crippen molar-refractivity contribution in [3.8, 4) is 5.75 Å². The SMILES string of the molecule is O=C(O)c1cccc(NCc2cccc(OCc3ccc(Br)cc3)c2)c1. The van der Waals surface area contributed by atoms with E-state index in [0.29, 0.717) is 13.2 Å². The molecule has 0 amide bonds. The molecule has 0 bridgehead atoms. The molecule has 0 aromatic heterocycles. The van der Waals surface area contributed by atoms with Crippen LogP contribution in [0.25, 0.3) is 0 Å². The van der Waals surface area contributed by atoms with Crippen molar-refractivity contribution in [2.75, 3.05) is 5.32 Å². The van der Waals surface area contributed by atoms with Crippen LogP contribution in [0.15, 0.2) is 77.3 Å². The van der Waals surface area contributed by atoms with Crippen molar-refractivity contribution < 1.29 is 14.6 Å². The zero-order valence-corrected chi connectivity index (χ0v) is 15.6. The average Bonchev–Trinajstić information content (AvgIpc) is 2.66.